The van der Waals surface area contributed by atoms with Crippen molar-refractivity contribution in [2.75, 3.05) is 13.6 Å². The Labute approximate surface area is 123 Å². The Morgan fingerprint density at radius 2 is 1.85 bits per heavy atom. The number of nitrogens with zero attached hydrogens (tertiary/aromatic N) is 1. The molecule has 0 aliphatic heterocycles. The van der Waals surface area contributed by atoms with E-state index in [1.807, 2.05) is 0 Å². The van der Waals surface area contributed by atoms with E-state index in [0.29, 0.717) is 6.04 Å². The van der Waals surface area contributed by atoms with Crippen LogP contribution in [0.1, 0.15) is 55.4 Å². The molecule has 1 N–H and O–H groups in total. The molecule has 1 aromatic carbocycles. The largest absolute Gasteiger partial charge is 0.387 e. The summed E-state index contributed by atoms with van der Waals surface area (Å²) in [6.45, 7) is 7.27. The van der Waals surface area contributed by atoms with Crippen LogP contribution in [0.2, 0.25) is 0 Å². The maximum atomic E-state index is 10.5. The lowest BCUT2D eigenvalue weighted by Gasteiger charge is -2.35. The van der Waals surface area contributed by atoms with E-state index >= 15 is 0 Å². The van der Waals surface area contributed by atoms with Crippen LogP contribution in [0.25, 0.3) is 0 Å². The molecule has 3 unspecified atom stereocenters. The van der Waals surface area contributed by atoms with Gasteiger partial charge in [0.1, 0.15) is 0 Å². The van der Waals surface area contributed by atoms with Crippen molar-refractivity contribution in [3.05, 3.63) is 34.9 Å². The van der Waals surface area contributed by atoms with Gasteiger partial charge in [0.05, 0.1) is 6.10 Å². The van der Waals surface area contributed by atoms with Crippen molar-refractivity contribution < 1.29 is 5.11 Å². The quantitative estimate of drug-likeness (QED) is 0.902. The average Bonchev–Trinajstić information content (AvgIpc) is 2.37. The van der Waals surface area contributed by atoms with Gasteiger partial charge in [-0.25, -0.2) is 0 Å². The Hall–Kier alpha value is -0.860. The van der Waals surface area contributed by atoms with Crippen LogP contribution in [-0.2, 0) is 0 Å². The van der Waals surface area contributed by atoms with Gasteiger partial charge in [0.25, 0.3) is 0 Å². The zero-order valence-corrected chi connectivity index (χ0v) is 13.4. The summed E-state index contributed by atoms with van der Waals surface area (Å²) in [6, 6.07) is 7.01. The number of likely N-dealkylation sites (N-methyl/N-ethyl adjacent to an activating group) is 1. The summed E-state index contributed by atoms with van der Waals surface area (Å²) in [6.07, 6.45) is 4.87. The molecule has 1 saturated carbocycles. The van der Waals surface area contributed by atoms with Crippen LogP contribution in [0.4, 0.5) is 0 Å². The molecule has 2 nitrogen and oxygen atoms in total. The topological polar surface area (TPSA) is 23.5 Å². The molecule has 112 valence electrons. The Morgan fingerprint density at radius 3 is 2.45 bits per heavy atom. The molecular formula is C18H29NO. The lowest BCUT2D eigenvalue weighted by Crippen LogP contribution is -2.38. The molecule has 0 bridgehead atoms. The van der Waals surface area contributed by atoms with E-state index in [2.05, 4.69) is 50.9 Å². The molecule has 1 aliphatic carbocycles. The van der Waals surface area contributed by atoms with Crippen LogP contribution in [0.15, 0.2) is 18.2 Å². The van der Waals surface area contributed by atoms with Gasteiger partial charge in [-0.15, -0.1) is 0 Å². The van der Waals surface area contributed by atoms with Gasteiger partial charge in [-0.1, -0.05) is 49.1 Å². The minimum Gasteiger partial charge on any atom is -0.387 e. The van der Waals surface area contributed by atoms with Crippen molar-refractivity contribution in [3.63, 3.8) is 0 Å². The summed E-state index contributed by atoms with van der Waals surface area (Å²) in [7, 11) is 2.16. The second kappa shape index (κ2) is 6.73. The summed E-state index contributed by atoms with van der Waals surface area (Å²) in [5.74, 6) is 0.828. The van der Waals surface area contributed by atoms with E-state index in [1.54, 1.807) is 0 Å². The van der Waals surface area contributed by atoms with Crippen molar-refractivity contribution in [3.8, 4) is 0 Å². The fourth-order valence-electron chi connectivity index (χ4n) is 3.53. The van der Waals surface area contributed by atoms with Gasteiger partial charge in [-0.3, -0.25) is 0 Å². The first kappa shape index (κ1) is 15.5. The summed E-state index contributed by atoms with van der Waals surface area (Å²) >= 11 is 0. The first-order valence-corrected chi connectivity index (χ1v) is 7.92. The van der Waals surface area contributed by atoms with Gasteiger partial charge < -0.3 is 10.0 Å². The highest BCUT2D eigenvalue weighted by atomic mass is 16.3. The summed E-state index contributed by atoms with van der Waals surface area (Å²) < 4.78 is 0. The van der Waals surface area contributed by atoms with Gasteiger partial charge in [-0.05, 0) is 45.2 Å². The normalized spacial score (nSPS) is 24.9. The molecule has 20 heavy (non-hydrogen) atoms. The van der Waals surface area contributed by atoms with E-state index in [0.717, 1.165) is 18.0 Å². The predicted molar refractivity (Wildman–Crippen MR) is 84.9 cm³/mol. The summed E-state index contributed by atoms with van der Waals surface area (Å²) in [5, 5.41) is 10.5. The highest BCUT2D eigenvalue weighted by molar-refractivity contribution is 5.30. The Kier molecular flexibility index (Phi) is 5.22. The molecule has 0 aromatic heterocycles. The standard InChI is InChI=1S/C18H29NO/c1-13-6-5-7-17(11-13)19(4)12-18(20)16-9-14(2)8-15(3)10-16/h8-10,13,17-18,20H,5-7,11-12H2,1-4H3. The SMILES string of the molecule is Cc1cc(C)cc(C(O)CN(C)C2CCCC(C)C2)c1. The third kappa shape index (κ3) is 4.07. The number of rotatable bonds is 4. The third-order valence-corrected chi connectivity index (χ3v) is 4.62. The van der Waals surface area contributed by atoms with Gasteiger partial charge in [0, 0.05) is 12.6 Å². The molecule has 0 spiro atoms. The first-order valence-electron chi connectivity index (χ1n) is 7.92. The van der Waals surface area contributed by atoms with E-state index in [4.69, 9.17) is 0 Å². The molecule has 0 radical (unpaired) electrons. The summed E-state index contributed by atoms with van der Waals surface area (Å²) in [4.78, 5) is 2.36. The van der Waals surface area contributed by atoms with Gasteiger partial charge in [0.2, 0.25) is 0 Å². The van der Waals surface area contributed by atoms with Crippen molar-refractivity contribution in [1.29, 1.82) is 0 Å². The van der Waals surface area contributed by atoms with E-state index in [-0.39, 0.29) is 6.10 Å². The van der Waals surface area contributed by atoms with Crippen molar-refractivity contribution >= 4 is 0 Å². The lowest BCUT2D eigenvalue weighted by atomic mass is 9.86. The Bertz CT molecular complexity index is 423. The molecular weight excluding hydrogens is 246 g/mol. The molecule has 1 aliphatic rings. The maximum absolute atomic E-state index is 10.5. The van der Waals surface area contributed by atoms with Crippen LogP contribution in [0, 0.1) is 19.8 Å². The Morgan fingerprint density at radius 1 is 1.20 bits per heavy atom. The summed E-state index contributed by atoms with van der Waals surface area (Å²) in [5.41, 5.74) is 3.51. The second-order valence-electron chi connectivity index (χ2n) is 6.80. The van der Waals surface area contributed by atoms with Crippen LogP contribution in [-0.4, -0.2) is 29.6 Å². The predicted octanol–water partition coefficient (Wildman–Crippen LogP) is 3.85. The fraction of sp³-hybridized carbons (Fsp3) is 0.667. The number of hydrogen-bond acceptors (Lipinski definition) is 2. The molecule has 2 heteroatoms. The highest BCUT2D eigenvalue weighted by Gasteiger charge is 2.24. The lowest BCUT2D eigenvalue weighted by molar-refractivity contribution is 0.0830. The van der Waals surface area contributed by atoms with E-state index in [1.165, 1.54) is 36.8 Å². The molecule has 0 heterocycles. The monoisotopic (exact) mass is 275 g/mol. The third-order valence-electron chi connectivity index (χ3n) is 4.62. The van der Waals surface area contributed by atoms with Crippen LogP contribution in [0.5, 0.6) is 0 Å². The number of aryl methyl sites for hydroxylation is 2. The molecule has 1 aromatic rings. The number of aliphatic hydroxyl groups excluding tert-OH is 1. The highest BCUT2D eigenvalue weighted by Crippen LogP contribution is 2.28. The molecule has 3 atom stereocenters. The van der Waals surface area contributed by atoms with Crippen LogP contribution >= 0.6 is 0 Å². The molecule has 0 amide bonds. The number of benzene rings is 1. The van der Waals surface area contributed by atoms with Crippen LogP contribution in [0.3, 0.4) is 0 Å². The van der Waals surface area contributed by atoms with Gasteiger partial charge in [0.15, 0.2) is 0 Å². The van der Waals surface area contributed by atoms with Crippen LogP contribution < -0.4 is 0 Å². The zero-order valence-electron chi connectivity index (χ0n) is 13.4. The van der Waals surface area contributed by atoms with Gasteiger partial charge in [-0.2, -0.15) is 0 Å². The zero-order chi connectivity index (χ0) is 14.7. The van der Waals surface area contributed by atoms with E-state index in [9.17, 15) is 5.11 Å². The maximum Gasteiger partial charge on any atom is 0.0917 e. The number of hydrogen-bond donors (Lipinski definition) is 1. The molecule has 0 saturated heterocycles. The minimum absolute atomic E-state index is 0.379. The van der Waals surface area contributed by atoms with Crippen molar-refractivity contribution in [2.24, 2.45) is 5.92 Å². The fourth-order valence-corrected chi connectivity index (χ4v) is 3.53. The second-order valence-corrected chi connectivity index (χ2v) is 6.80. The minimum atomic E-state index is -0.379. The average molecular weight is 275 g/mol. The van der Waals surface area contributed by atoms with Crippen molar-refractivity contribution in [2.45, 2.75) is 58.6 Å². The molecule has 2 rings (SSSR count). The number of aliphatic hydroxyl groups is 1. The van der Waals surface area contributed by atoms with Gasteiger partial charge >= 0.3 is 0 Å². The molecule has 1 fully saturated rings. The van der Waals surface area contributed by atoms with Crippen molar-refractivity contribution in [1.82, 2.24) is 4.90 Å². The Balaban J connectivity index is 1.97. The first-order chi connectivity index (χ1) is 9.45. The smallest absolute Gasteiger partial charge is 0.0917 e. The van der Waals surface area contributed by atoms with E-state index < -0.39 is 0 Å².